The minimum atomic E-state index is -0.364. The Morgan fingerprint density at radius 3 is 2.67 bits per heavy atom. The van der Waals surface area contributed by atoms with E-state index in [0.717, 1.165) is 5.69 Å². The van der Waals surface area contributed by atoms with Crippen molar-refractivity contribution in [3.8, 4) is 0 Å². The highest BCUT2D eigenvalue weighted by Crippen LogP contribution is 2.25. The van der Waals surface area contributed by atoms with Crippen LogP contribution in [0.1, 0.15) is 12.6 Å². The first-order valence-electron chi connectivity index (χ1n) is 7.54. The van der Waals surface area contributed by atoms with Gasteiger partial charge in [0.05, 0.1) is 18.1 Å². The molecule has 1 saturated heterocycles. The Bertz CT molecular complexity index is 642. The van der Waals surface area contributed by atoms with Crippen molar-refractivity contribution >= 4 is 41.1 Å². The lowest BCUT2D eigenvalue weighted by Crippen LogP contribution is -2.43. The number of halogens is 2. The number of nitrogens with zero attached hydrogens (tertiary/aromatic N) is 3. The van der Waals surface area contributed by atoms with Crippen LogP contribution < -0.4 is 16.0 Å². The van der Waals surface area contributed by atoms with E-state index in [9.17, 15) is 9.59 Å². The highest BCUT2D eigenvalue weighted by atomic mass is 35.5. The molecule has 1 aromatic rings. The fraction of sp³-hybridized carbons (Fsp3) is 0.500. The third-order valence-electron chi connectivity index (χ3n) is 3.52. The molecular formula is C14H20Cl2N6O2. The van der Waals surface area contributed by atoms with Crippen LogP contribution in [0, 0.1) is 0 Å². The van der Waals surface area contributed by atoms with Crippen molar-refractivity contribution in [2.45, 2.75) is 13.5 Å². The van der Waals surface area contributed by atoms with Gasteiger partial charge in [0.15, 0.2) is 5.96 Å². The highest BCUT2D eigenvalue weighted by molar-refractivity contribution is 6.41. The molecule has 3 amide bonds. The van der Waals surface area contributed by atoms with Gasteiger partial charge in [-0.1, -0.05) is 23.2 Å². The number of hydrogen-bond donors (Lipinski definition) is 3. The van der Waals surface area contributed by atoms with Gasteiger partial charge in [0.25, 0.3) is 0 Å². The molecule has 0 atom stereocenters. The number of rotatable bonds is 6. The third-order valence-corrected chi connectivity index (χ3v) is 4.37. The van der Waals surface area contributed by atoms with Crippen LogP contribution in [0.15, 0.2) is 11.1 Å². The molecule has 2 rings (SSSR count). The first-order valence-corrected chi connectivity index (χ1v) is 8.29. The third kappa shape index (κ3) is 4.33. The van der Waals surface area contributed by atoms with Gasteiger partial charge in [0.1, 0.15) is 5.15 Å². The number of imide groups is 1. The summed E-state index contributed by atoms with van der Waals surface area (Å²) in [7, 11) is 1.82. The summed E-state index contributed by atoms with van der Waals surface area (Å²) < 4.78 is 1.77. The Hall–Kier alpha value is -1.93. The molecule has 0 radical (unpaired) electrons. The molecule has 24 heavy (non-hydrogen) atoms. The molecular weight excluding hydrogens is 355 g/mol. The van der Waals surface area contributed by atoms with Crippen LogP contribution in [0.25, 0.3) is 0 Å². The van der Waals surface area contributed by atoms with Gasteiger partial charge in [0.2, 0.25) is 5.91 Å². The summed E-state index contributed by atoms with van der Waals surface area (Å²) in [4.78, 5) is 28.6. The first kappa shape index (κ1) is 18.4. The molecule has 10 heteroatoms. The Balaban J connectivity index is 1.92. The largest absolute Gasteiger partial charge is 0.357 e. The fourth-order valence-corrected chi connectivity index (χ4v) is 2.63. The van der Waals surface area contributed by atoms with Gasteiger partial charge in [-0.25, -0.2) is 9.79 Å². The molecule has 1 aliphatic heterocycles. The van der Waals surface area contributed by atoms with E-state index in [1.165, 1.54) is 4.90 Å². The maximum atomic E-state index is 11.5. The van der Waals surface area contributed by atoms with Crippen LogP contribution in [0.5, 0.6) is 0 Å². The van der Waals surface area contributed by atoms with Gasteiger partial charge in [-0.3, -0.25) is 9.69 Å². The van der Waals surface area contributed by atoms with E-state index in [1.807, 2.05) is 14.0 Å². The second kappa shape index (κ2) is 8.25. The molecule has 3 N–H and O–H groups in total. The Labute approximate surface area is 150 Å². The maximum Gasteiger partial charge on any atom is 0.324 e. The highest BCUT2D eigenvalue weighted by Gasteiger charge is 2.27. The van der Waals surface area contributed by atoms with Crippen LogP contribution in [0.2, 0.25) is 10.2 Å². The van der Waals surface area contributed by atoms with Crippen LogP contribution in [0.3, 0.4) is 0 Å². The molecule has 0 unspecified atom stereocenters. The summed E-state index contributed by atoms with van der Waals surface area (Å²) >= 11 is 12.0. The Morgan fingerprint density at radius 1 is 1.38 bits per heavy atom. The predicted molar refractivity (Wildman–Crippen MR) is 93.4 cm³/mol. The molecule has 1 fully saturated rings. The quantitative estimate of drug-likeness (QED) is 0.392. The first-order chi connectivity index (χ1) is 11.4. The predicted octanol–water partition coefficient (Wildman–Crippen LogP) is 0.939. The summed E-state index contributed by atoms with van der Waals surface area (Å²) in [6.07, 6.45) is 0. The summed E-state index contributed by atoms with van der Waals surface area (Å²) in [6, 6.07) is 1.40. The fourth-order valence-electron chi connectivity index (χ4n) is 2.21. The number of amides is 3. The average Bonchev–Trinajstić information content (AvgIpc) is 3.00. The van der Waals surface area contributed by atoms with E-state index in [1.54, 1.807) is 10.6 Å². The molecule has 132 valence electrons. The molecule has 2 heterocycles. The van der Waals surface area contributed by atoms with Gasteiger partial charge < -0.3 is 20.5 Å². The van der Waals surface area contributed by atoms with Crippen molar-refractivity contribution in [3.63, 3.8) is 0 Å². The molecule has 0 aromatic carbocycles. The van der Waals surface area contributed by atoms with Gasteiger partial charge >= 0.3 is 6.03 Å². The van der Waals surface area contributed by atoms with Crippen molar-refractivity contribution in [1.29, 1.82) is 0 Å². The van der Waals surface area contributed by atoms with E-state index in [4.69, 9.17) is 23.2 Å². The van der Waals surface area contributed by atoms with E-state index in [2.05, 4.69) is 20.9 Å². The standard InChI is InChI=1S/C14H20Cl2N6O2/c1-3-17-13(18-4-5-22-11(23)8-20-14(22)24)19-7-9-6-10(15)12(16)21(9)2/h6H,3-5,7-8H2,1-2H3,(H,20,24)(H2,17,18,19). The number of carbonyl (C=O) groups excluding carboxylic acids is 2. The number of urea groups is 1. The molecule has 0 saturated carbocycles. The molecule has 1 aliphatic rings. The zero-order valence-corrected chi connectivity index (χ0v) is 15.0. The summed E-state index contributed by atoms with van der Waals surface area (Å²) in [5, 5.41) is 9.63. The van der Waals surface area contributed by atoms with Crippen LogP contribution >= 0.6 is 23.2 Å². The van der Waals surface area contributed by atoms with Crippen LogP contribution in [-0.2, 0) is 18.4 Å². The van der Waals surface area contributed by atoms with Gasteiger partial charge in [-0.2, -0.15) is 0 Å². The number of aliphatic imine (C=N–C) groups is 1. The topological polar surface area (TPSA) is 90.8 Å². The van der Waals surface area contributed by atoms with E-state index < -0.39 is 0 Å². The molecule has 0 bridgehead atoms. The SMILES string of the molecule is CCNC(=NCc1cc(Cl)c(Cl)n1C)NCCN1C(=O)CNC1=O. The second-order valence-electron chi connectivity index (χ2n) is 5.16. The lowest BCUT2D eigenvalue weighted by Gasteiger charge is -2.15. The van der Waals surface area contributed by atoms with E-state index in [0.29, 0.717) is 35.8 Å². The van der Waals surface area contributed by atoms with E-state index in [-0.39, 0.29) is 25.0 Å². The van der Waals surface area contributed by atoms with Gasteiger partial charge in [-0.05, 0) is 13.0 Å². The number of hydrogen-bond acceptors (Lipinski definition) is 3. The lowest BCUT2D eigenvalue weighted by molar-refractivity contribution is -0.124. The molecule has 0 aliphatic carbocycles. The van der Waals surface area contributed by atoms with Crippen molar-refractivity contribution < 1.29 is 9.59 Å². The van der Waals surface area contributed by atoms with Gasteiger partial charge in [0, 0.05) is 32.4 Å². The van der Waals surface area contributed by atoms with Crippen molar-refractivity contribution in [3.05, 3.63) is 21.9 Å². The number of carbonyl (C=O) groups is 2. The Kier molecular flexibility index (Phi) is 6.33. The van der Waals surface area contributed by atoms with Crippen molar-refractivity contribution in [2.75, 3.05) is 26.2 Å². The van der Waals surface area contributed by atoms with Crippen molar-refractivity contribution in [1.82, 2.24) is 25.4 Å². The summed E-state index contributed by atoms with van der Waals surface area (Å²) in [5.74, 6) is 0.356. The van der Waals surface area contributed by atoms with E-state index >= 15 is 0 Å². The maximum absolute atomic E-state index is 11.5. The number of nitrogens with one attached hydrogen (secondary N) is 3. The lowest BCUT2D eigenvalue weighted by atomic mass is 10.4. The number of aromatic nitrogens is 1. The van der Waals surface area contributed by atoms with Crippen LogP contribution in [0.4, 0.5) is 4.79 Å². The summed E-state index contributed by atoms with van der Waals surface area (Å²) in [5.41, 5.74) is 0.872. The number of guanidine groups is 1. The molecule has 0 spiro atoms. The second-order valence-corrected chi connectivity index (χ2v) is 5.92. The normalized spacial score (nSPS) is 15.0. The minimum Gasteiger partial charge on any atom is -0.357 e. The molecule has 1 aromatic heterocycles. The monoisotopic (exact) mass is 374 g/mol. The minimum absolute atomic E-state index is 0.0575. The Morgan fingerprint density at radius 2 is 2.12 bits per heavy atom. The summed E-state index contributed by atoms with van der Waals surface area (Å²) in [6.45, 7) is 3.76. The van der Waals surface area contributed by atoms with Crippen molar-refractivity contribution in [2.24, 2.45) is 12.0 Å². The molecule has 8 nitrogen and oxygen atoms in total. The smallest absolute Gasteiger partial charge is 0.324 e. The average molecular weight is 375 g/mol. The van der Waals surface area contributed by atoms with Crippen LogP contribution in [-0.4, -0.2) is 53.5 Å². The zero-order valence-electron chi connectivity index (χ0n) is 13.5. The van der Waals surface area contributed by atoms with Gasteiger partial charge in [-0.15, -0.1) is 0 Å². The zero-order chi connectivity index (χ0) is 17.7.